The summed E-state index contributed by atoms with van der Waals surface area (Å²) >= 11 is 0. The van der Waals surface area contributed by atoms with Gasteiger partial charge in [0.05, 0.1) is 0 Å². The van der Waals surface area contributed by atoms with Crippen LogP contribution in [0.2, 0.25) is 0 Å². The zero-order chi connectivity index (χ0) is 56.4. The van der Waals surface area contributed by atoms with E-state index in [1.54, 1.807) is 0 Å². The number of esters is 3. The lowest BCUT2D eigenvalue weighted by Crippen LogP contribution is -2.30. The molecule has 0 aromatic carbocycles. The van der Waals surface area contributed by atoms with Crippen LogP contribution in [-0.2, 0) is 28.6 Å². The minimum Gasteiger partial charge on any atom is -0.462 e. The molecule has 0 rings (SSSR count). The van der Waals surface area contributed by atoms with E-state index < -0.39 is 6.10 Å². The predicted octanol–water partition coefficient (Wildman–Crippen LogP) is 24.4. The summed E-state index contributed by atoms with van der Waals surface area (Å²) in [5.74, 6) is -0.847. The Labute approximate surface area is 488 Å². The fourth-order valence-corrected chi connectivity index (χ4v) is 11.2. The van der Waals surface area contributed by atoms with Gasteiger partial charge in [0.1, 0.15) is 13.2 Å². The second-order valence-corrected chi connectivity index (χ2v) is 24.5. The number of hydrogen-bond donors (Lipinski definition) is 0. The molecule has 0 aliphatic heterocycles. The first kappa shape index (κ1) is 76.1. The Morgan fingerprint density at radius 2 is 0.449 bits per heavy atom. The van der Waals surface area contributed by atoms with Gasteiger partial charge >= 0.3 is 17.9 Å². The van der Waals surface area contributed by atoms with Crippen LogP contribution in [0, 0.1) is 0 Å². The van der Waals surface area contributed by atoms with Gasteiger partial charge in [-0.2, -0.15) is 0 Å². The molecule has 0 saturated carbocycles. The molecule has 0 aromatic heterocycles. The van der Waals surface area contributed by atoms with Crippen LogP contribution in [0.5, 0.6) is 0 Å². The van der Waals surface area contributed by atoms with Gasteiger partial charge in [-0.05, 0) is 38.5 Å². The van der Waals surface area contributed by atoms with E-state index in [9.17, 15) is 14.4 Å². The summed E-state index contributed by atoms with van der Waals surface area (Å²) < 4.78 is 16.9. The maximum atomic E-state index is 12.9. The minimum atomic E-state index is -0.768. The topological polar surface area (TPSA) is 78.9 Å². The van der Waals surface area contributed by atoms with Gasteiger partial charge in [-0.1, -0.05) is 367 Å². The van der Waals surface area contributed by atoms with E-state index in [-0.39, 0.29) is 31.1 Å². The van der Waals surface area contributed by atoms with Crippen molar-refractivity contribution >= 4 is 17.9 Å². The summed E-state index contributed by atoms with van der Waals surface area (Å²) in [6.45, 7) is 6.65. The third kappa shape index (κ3) is 65.0. The third-order valence-electron chi connectivity index (χ3n) is 16.5. The normalized spacial score (nSPS) is 12.0. The fraction of sp³-hybridized carbons (Fsp3) is 0.931. The van der Waals surface area contributed by atoms with Gasteiger partial charge in [0.15, 0.2) is 6.10 Å². The molecule has 0 radical (unpaired) electrons. The summed E-state index contributed by atoms with van der Waals surface area (Å²) in [6, 6.07) is 0. The number of allylic oxidation sites excluding steroid dienone is 2. The highest BCUT2D eigenvalue weighted by molar-refractivity contribution is 5.71. The summed E-state index contributed by atoms with van der Waals surface area (Å²) in [6.07, 6.45) is 81.4. The van der Waals surface area contributed by atoms with Gasteiger partial charge in [0, 0.05) is 19.3 Å². The molecule has 78 heavy (non-hydrogen) atoms. The Morgan fingerprint density at radius 1 is 0.244 bits per heavy atom. The zero-order valence-electron chi connectivity index (χ0n) is 53.2. The third-order valence-corrected chi connectivity index (χ3v) is 16.5. The lowest BCUT2D eigenvalue weighted by atomic mass is 10.0. The van der Waals surface area contributed by atoms with Gasteiger partial charge in [-0.3, -0.25) is 14.4 Å². The number of carbonyl (C=O) groups is 3. The lowest BCUT2D eigenvalue weighted by Gasteiger charge is -2.18. The van der Waals surface area contributed by atoms with Crippen molar-refractivity contribution in [3.05, 3.63) is 12.2 Å². The van der Waals surface area contributed by atoms with Crippen molar-refractivity contribution in [1.29, 1.82) is 0 Å². The molecule has 0 saturated heterocycles. The van der Waals surface area contributed by atoms with E-state index in [1.165, 1.54) is 302 Å². The average Bonchev–Trinajstić information content (AvgIpc) is 3.44. The van der Waals surface area contributed by atoms with E-state index in [0.29, 0.717) is 19.3 Å². The molecule has 1 atom stereocenters. The molecule has 0 spiro atoms. The second-order valence-electron chi connectivity index (χ2n) is 24.5. The molecule has 462 valence electrons. The molecule has 0 bridgehead atoms. The second kappa shape index (κ2) is 67.7. The highest BCUT2D eigenvalue weighted by Crippen LogP contribution is 2.19. The Bertz CT molecular complexity index is 1210. The largest absolute Gasteiger partial charge is 0.462 e. The van der Waals surface area contributed by atoms with E-state index in [1.807, 2.05) is 0 Å². The van der Waals surface area contributed by atoms with Crippen molar-refractivity contribution in [3.63, 3.8) is 0 Å². The van der Waals surface area contributed by atoms with Crippen LogP contribution >= 0.6 is 0 Å². The van der Waals surface area contributed by atoms with Crippen molar-refractivity contribution in [2.24, 2.45) is 0 Å². The van der Waals surface area contributed by atoms with E-state index >= 15 is 0 Å². The van der Waals surface area contributed by atoms with Crippen LogP contribution in [0.25, 0.3) is 0 Å². The molecule has 0 aromatic rings. The van der Waals surface area contributed by atoms with Gasteiger partial charge in [0.25, 0.3) is 0 Å². The highest BCUT2D eigenvalue weighted by atomic mass is 16.6. The summed E-state index contributed by atoms with van der Waals surface area (Å²) in [7, 11) is 0. The minimum absolute atomic E-state index is 0.0663. The average molecular weight is 1100 g/mol. The molecule has 0 N–H and O–H groups in total. The number of rotatable bonds is 67. The summed E-state index contributed by atoms with van der Waals surface area (Å²) in [5, 5.41) is 0. The van der Waals surface area contributed by atoms with Gasteiger partial charge in [0.2, 0.25) is 0 Å². The van der Waals surface area contributed by atoms with Crippen LogP contribution in [0.15, 0.2) is 12.2 Å². The molecule has 0 aliphatic carbocycles. The highest BCUT2D eigenvalue weighted by Gasteiger charge is 2.19. The van der Waals surface area contributed by atoms with Crippen LogP contribution in [0.4, 0.5) is 0 Å². The van der Waals surface area contributed by atoms with Gasteiger partial charge < -0.3 is 14.2 Å². The molecule has 1 unspecified atom stereocenters. The fourth-order valence-electron chi connectivity index (χ4n) is 11.2. The molecule has 0 heterocycles. The quantitative estimate of drug-likeness (QED) is 0.0261. The monoisotopic (exact) mass is 1100 g/mol. The number of hydrogen-bond acceptors (Lipinski definition) is 6. The lowest BCUT2D eigenvalue weighted by molar-refractivity contribution is -0.167. The molecule has 0 fully saturated rings. The zero-order valence-corrected chi connectivity index (χ0v) is 53.2. The van der Waals surface area contributed by atoms with Crippen LogP contribution in [-0.4, -0.2) is 37.2 Å². The van der Waals surface area contributed by atoms with E-state index in [0.717, 1.165) is 70.6 Å². The maximum absolute atomic E-state index is 12.9. The first-order valence-electron chi connectivity index (χ1n) is 35.7. The Morgan fingerprint density at radius 3 is 0.692 bits per heavy atom. The number of unbranched alkanes of at least 4 members (excludes halogenated alkanes) is 54. The molecular weight excluding hydrogens is 961 g/mol. The number of carbonyl (C=O) groups excluding carboxylic acids is 3. The van der Waals surface area contributed by atoms with Crippen molar-refractivity contribution in [1.82, 2.24) is 0 Å². The van der Waals surface area contributed by atoms with Crippen LogP contribution in [0.1, 0.15) is 412 Å². The molecule has 0 aliphatic rings. The first-order chi connectivity index (χ1) is 38.5. The molecular formula is C72H138O6. The standard InChI is InChI=1S/C72H138O6/c1-4-7-10-13-16-19-22-24-26-28-29-30-31-32-33-34-35-36-37-38-39-40-41-42-43-44-45-47-48-50-53-56-59-62-65-71(74)77-68-69(67-76-70(73)64-61-58-55-52-21-18-15-12-9-6-3)78-72(75)66-63-60-57-54-51-49-46-27-25-23-20-17-14-11-8-5-2/h12,15,69H,4-11,13-14,16-68H2,1-3H3/b15-12-. The maximum Gasteiger partial charge on any atom is 0.306 e. The van der Waals surface area contributed by atoms with Crippen LogP contribution in [0.3, 0.4) is 0 Å². The Hall–Kier alpha value is -1.85. The van der Waals surface area contributed by atoms with Crippen molar-refractivity contribution in [2.45, 2.75) is 419 Å². The van der Waals surface area contributed by atoms with Gasteiger partial charge in [-0.25, -0.2) is 0 Å². The smallest absolute Gasteiger partial charge is 0.306 e. The summed E-state index contributed by atoms with van der Waals surface area (Å²) in [4.78, 5) is 38.2. The molecule has 6 nitrogen and oxygen atoms in total. The molecule has 6 heteroatoms. The van der Waals surface area contributed by atoms with Gasteiger partial charge in [-0.15, -0.1) is 0 Å². The van der Waals surface area contributed by atoms with E-state index in [4.69, 9.17) is 14.2 Å². The summed E-state index contributed by atoms with van der Waals surface area (Å²) in [5.41, 5.74) is 0. The Balaban J connectivity index is 3.97. The predicted molar refractivity (Wildman–Crippen MR) is 340 cm³/mol. The first-order valence-corrected chi connectivity index (χ1v) is 35.7. The molecule has 0 amide bonds. The van der Waals surface area contributed by atoms with E-state index in [2.05, 4.69) is 32.9 Å². The van der Waals surface area contributed by atoms with Crippen molar-refractivity contribution in [2.75, 3.05) is 13.2 Å². The van der Waals surface area contributed by atoms with Crippen molar-refractivity contribution < 1.29 is 28.6 Å². The van der Waals surface area contributed by atoms with Crippen molar-refractivity contribution in [3.8, 4) is 0 Å². The van der Waals surface area contributed by atoms with Crippen LogP contribution < -0.4 is 0 Å². The Kier molecular flexibility index (Phi) is 66.0. The number of ether oxygens (including phenoxy) is 3. The SMILES string of the molecule is CCC/C=C\CCCCCCCC(=O)OCC(COC(=O)CCCCCCCCCCCCCCCCCCCCCCCCCCCCCCCCCCCC)OC(=O)CCCCCCCCCCCCCCCCCC.